The van der Waals surface area contributed by atoms with Gasteiger partial charge in [-0.25, -0.2) is 8.42 Å². The summed E-state index contributed by atoms with van der Waals surface area (Å²) in [5, 5.41) is 19.5. The monoisotopic (exact) mass is 473 g/mol. The van der Waals surface area contributed by atoms with Crippen LogP contribution in [0.1, 0.15) is 29.2 Å². The zero-order valence-corrected chi connectivity index (χ0v) is 20.0. The van der Waals surface area contributed by atoms with E-state index >= 15 is 0 Å². The van der Waals surface area contributed by atoms with Crippen molar-refractivity contribution in [2.75, 3.05) is 25.1 Å². The fraction of sp³-hybridized carbons (Fsp3) is 0.296. The van der Waals surface area contributed by atoms with Crippen molar-refractivity contribution in [2.24, 2.45) is 5.92 Å². The molecule has 5 rings (SSSR count). The maximum Gasteiger partial charge on any atom is 0.243 e. The number of hydrogen-bond donors (Lipinski definition) is 1. The van der Waals surface area contributed by atoms with Crippen LogP contribution in [0.5, 0.6) is 0 Å². The highest BCUT2D eigenvalue weighted by atomic mass is 32.2. The summed E-state index contributed by atoms with van der Waals surface area (Å²) in [6.07, 6.45) is 0.679. The van der Waals surface area contributed by atoms with Crippen LogP contribution in [-0.4, -0.2) is 44.1 Å². The summed E-state index contributed by atoms with van der Waals surface area (Å²) in [5.74, 6) is -0.0246. The molecule has 3 aromatic rings. The Morgan fingerprint density at radius 2 is 1.79 bits per heavy atom. The first kappa shape index (κ1) is 22.6. The SMILES string of the molecule is Cc1ccc(S(=O)(=O)N2CC[C@@H]3[C@@H](CO)N(C)c4ccc(-c5cccc(C#N)c5)cc4[C@@H]32)cc1. The van der Waals surface area contributed by atoms with Gasteiger partial charge in [0.1, 0.15) is 0 Å². The van der Waals surface area contributed by atoms with Crippen molar-refractivity contribution in [1.29, 1.82) is 5.26 Å². The zero-order chi connectivity index (χ0) is 24.0. The van der Waals surface area contributed by atoms with E-state index in [0.29, 0.717) is 18.5 Å². The Bertz CT molecular complexity index is 1380. The normalized spacial score (nSPS) is 22.2. The molecule has 0 aliphatic carbocycles. The highest BCUT2D eigenvalue weighted by molar-refractivity contribution is 7.89. The minimum absolute atomic E-state index is 0.0246. The van der Waals surface area contributed by atoms with Crippen molar-refractivity contribution < 1.29 is 13.5 Å². The first-order valence-corrected chi connectivity index (χ1v) is 12.9. The molecule has 174 valence electrons. The quantitative estimate of drug-likeness (QED) is 0.617. The van der Waals surface area contributed by atoms with Gasteiger partial charge in [0.15, 0.2) is 0 Å². The third-order valence-electron chi connectivity index (χ3n) is 7.26. The van der Waals surface area contributed by atoms with E-state index in [1.54, 1.807) is 22.5 Å². The fourth-order valence-corrected chi connectivity index (χ4v) is 7.14. The number of likely N-dealkylation sites (N-methyl/N-ethyl adjacent to an activating group) is 1. The number of fused-ring (bicyclic) bond motifs is 3. The molecule has 0 spiro atoms. The maximum atomic E-state index is 13.7. The van der Waals surface area contributed by atoms with Crippen LogP contribution in [0.4, 0.5) is 5.69 Å². The number of rotatable bonds is 4. The number of aryl methyl sites for hydroxylation is 1. The summed E-state index contributed by atoms with van der Waals surface area (Å²) >= 11 is 0. The number of nitrogens with zero attached hydrogens (tertiary/aromatic N) is 3. The predicted molar refractivity (Wildman–Crippen MR) is 132 cm³/mol. The van der Waals surface area contributed by atoms with Gasteiger partial charge in [-0.15, -0.1) is 0 Å². The summed E-state index contributed by atoms with van der Waals surface area (Å²) in [6.45, 7) is 2.30. The van der Waals surface area contributed by atoms with E-state index in [0.717, 1.165) is 27.9 Å². The molecule has 1 fully saturated rings. The number of benzene rings is 3. The van der Waals surface area contributed by atoms with E-state index in [9.17, 15) is 18.8 Å². The van der Waals surface area contributed by atoms with E-state index in [-0.39, 0.29) is 29.5 Å². The van der Waals surface area contributed by atoms with Gasteiger partial charge in [-0.1, -0.05) is 35.9 Å². The second-order valence-corrected chi connectivity index (χ2v) is 11.0. The lowest BCUT2D eigenvalue weighted by Gasteiger charge is -2.44. The second-order valence-electron chi connectivity index (χ2n) is 9.15. The Morgan fingerprint density at radius 3 is 2.50 bits per heavy atom. The Kier molecular flexibility index (Phi) is 5.68. The number of sulfonamides is 1. The van der Waals surface area contributed by atoms with Crippen molar-refractivity contribution in [1.82, 2.24) is 4.31 Å². The third-order valence-corrected chi connectivity index (χ3v) is 9.15. The molecule has 0 saturated carbocycles. The lowest BCUT2D eigenvalue weighted by molar-refractivity contribution is 0.193. The first-order chi connectivity index (χ1) is 16.3. The Balaban J connectivity index is 1.64. The highest BCUT2D eigenvalue weighted by Crippen LogP contribution is 2.51. The number of anilines is 1. The fourth-order valence-electron chi connectivity index (χ4n) is 5.47. The van der Waals surface area contributed by atoms with Crippen molar-refractivity contribution in [2.45, 2.75) is 30.3 Å². The molecule has 0 bridgehead atoms. The van der Waals surface area contributed by atoms with Crippen LogP contribution < -0.4 is 4.90 Å². The molecule has 0 amide bonds. The van der Waals surface area contributed by atoms with Gasteiger partial charge < -0.3 is 10.0 Å². The van der Waals surface area contributed by atoms with Crippen LogP contribution in [-0.2, 0) is 10.0 Å². The van der Waals surface area contributed by atoms with Gasteiger partial charge in [0, 0.05) is 25.2 Å². The summed E-state index contributed by atoms with van der Waals surface area (Å²) < 4.78 is 29.1. The topological polar surface area (TPSA) is 84.6 Å². The van der Waals surface area contributed by atoms with Crippen molar-refractivity contribution in [3.8, 4) is 17.2 Å². The molecule has 0 aromatic heterocycles. The summed E-state index contributed by atoms with van der Waals surface area (Å²) in [7, 11) is -1.75. The molecule has 2 heterocycles. The molecule has 0 radical (unpaired) electrons. The van der Waals surface area contributed by atoms with Gasteiger partial charge in [0.2, 0.25) is 10.0 Å². The van der Waals surface area contributed by atoms with E-state index in [1.807, 2.05) is 56.4 Å². The van der Waals surface area contributed by atoms with Crippen LogP contribution in [0.15, 0.2) is 71.6 Å². The van der Waals surface area contributed by atoms with E-state index in [2.05, 4.69) is 17.0 Å². The smallest absolute Gasteiger partial charge is 0.243 e. The molecule has 1 saturated heterocycles. The van der Waals surface area contributed by atoms with Crippen molar-refractivity contribution in [3.63, 3.8) is 0 Å². The number of hydrogen-bond acceptors (Lipinski definition) is 5. The average Bonchev–Trinajstić information content (AvgIpc) is 3.30. The number of nitriles is 1. The minimum Gasteiger partial charge on any atom is -0.394 e. The molecule has 3 atom stereocenters. The lowest BCUT2D eigenvalue weighted by atomic mass is 9.81. The third kappa shape index (κ3) is 3.59. The predicted octanol–water partition coefficient (Wildman–Crippen LogP) is 4.10. The molecule has 3 aromatic carbocycles. The van der Waals surface area contributed by atoms with Crippen LogP contribution in [0.25, 0.3) is 11.1 Å². The second kappa shape index (κ2) is 8.55. The largest absolute Gasteiger partial charge is 0.394 e. The molecule has 6 nitrogen and oxygen atoms in total. The van der Waals surface area contributed by atoms with Gasteiger partial charge in [-0.3, -0.25) is 0 Å². The molecule has 2 aliphatic heterocycles. The van der Waals surface area contributed by atoms with Crippen LogP contribution in [0, 0.1) is 24.2 Å². The summed E-state index contributed by atoms with van der Waals surface area (Å²) in [5.41, 5.74) is 5.29. The van der Waals surface area contributed by atoms with E-state index in [1.165, 1.54) is 0 Å². The summed E-state index contributed by atoms with van der Waals surface area (Å²) in [6, 6.07) is 22.1. The molecular weight excluding hydrogens is 446 g/mol. The van der Waals surface area contributed by atoms with Crippen molar-refractivity contribution in [3.05, 3.63) is 83.4 Å². The lowest BCUT2D eigenvalue weighted by Crippen LogP contribution is -2.48. The Labute approximate surface area is 200 Å². The maximum absolute atomic E-state index is 13.7. The van der Waals surface area contributed by atoms with Gasteiger partial charge in [-0.05, 0) is 66.4 Å². The first-order valence-electron chi connectivity index (χ1n) is 11.4. The molecular formula is C27H27N3O3S. The molecule has 7 heteroatoms. The summed E-state index contributed by atoms with van der Waals surface area (Å²) in [4.78, 5) is 2.37. The van der Waals surface area contributed by atoms with Gasteiger partial charge >= 0.3 is 0 Å². The van der Waals surface area contributed by atoms with E-state index < -0.39 is 10.0 Å². The highest BCUT2D eigenvalue weighted by Gasteiger charge is 2.50. The number of aliphatic hydroxyl groups is 1. The molecule has 34 heavy (non-hydrogen) atoms. The average molecular weight is 474 g/mol. The van der Waals surface area contributed by atoms with Gasteiger partial charge in [0.05, 0.1) is 35.2 Å². The zero-order valence-electron chi connectivity index (χ0n) is 19.2. The van der Waals surface area contributed by atoms with Crippen LogP contribution in [0.2, 0.25) is 0 Å². The molecule has 1 N–H and O–H groups in total. The Morgan fingerprint density at radius 1 is 1.06 bits per heavy atom. The standard InChI is InChI=1S/C27H27N3O3S/c1-18-6-9-22(10-7-18)34(32,33)30-13-12-23-26(17-31)29(2)25-11-8-21(15-24(25)27(23)30)20-5-3-4-19(14-20)16-28/h3-11,14-15,23,26-27,31H,12-13,17H2,1-2H3/t23-,26-,27-/m1/s1. The van der Waals surface area contributed by atoms with Gasteiger partial charge in [-0.2, -0.15) is 9.57 Å². The minimum atomic E-state index is -3.72. The van der Waals surface area contributed by atoms with Gasteiger partial charge in [0.25, 0.3) is 0 Å². The van der Waals surface area contributed by atoms with Crippen LogP contribution in [0.3, 0.4) is 0 Å². The van der Waals surface area contributed by atoms with Crippen LogP contribution >= 0.6 is 0 Å². The Hall–Kier alpha value is -3.18. The van der Waals surface area contributed by atoms with E-state index in [4.69, 9.17) is 0 Å². The number of aliphatic hydroxyl groups excluding tert-OH is 1. The van der Waals surface area contributed by atoms with Crippen molar-refractivity contribution >= 4 is 15.7 Å². The molecule has 2 aliphatic rings. The molecule has 0 unspecified atom stereocenters.